The van der Waals surface area contributed by atoms with Crippen LogP contribution in [0, 0.1) is 0 Å². The molecular weight excluding hydrogens is 102 g/mol. The number of amides is 1. The summed E-state index contributed by atoms with van der Waals surface area (Å²) in [6, 6.07) is 0. The number of primary amides is 1. The number of carbonyl (C=O) groups excluding carboxylic acids is 1. The van der Waals surface area contributed by atoms with Gasteiger partial charge in [-0.1, -0.05) is 19.4 Å². The second-order valence-corrected chi connectivity index (χ2v) is 1.59. The van der Waals surface area contributed by atoms with Crippen molar-refractivity contribution in [3.05, 3.63) is 12.2 Å². The van der Waals surface area contributed by atoms with Crippen LogP contribution in [0.3, 0.4) is 0 Å². The fourth-order valence-corrected chi connectivity index (χ4v) is 0.366. The number of carbonyl (C=O) groups is 1. The van der Waals surface area contributed by atoms with Crippen molar-refractivity contribution in [2.75, 3.05) is 0 Å². The maximum atomic E-state index is 10.0. The van der Waals surface area contributed by atoms with Crippen molar-refractivity contribution in [3.8, 4) is 0 Å². The molecule has 2 nitrogen and oxygen atoms in total. The van der Waals surface area contributed by atoms with Gasteiger partial charge >= 0.3 is 0 Å². The maximum absolute atomic E-state index is 10.0. The Hall–Kier alpha value is -0.790. The number of nitrogens with two attached hydrogens (primary N) is 1. The zero-order chi connectivity index (χ0) is 6.41. The minimum Gasteiger partial charge on any atom is -0.366 e. The van der Waals surface area contributed by atoms with Gasteiger partial charge < -0.3 is 5.73 Å². The predicted molar refractivity (Wildman–Crippen MR) is 33.2 cm³/mol. The second kappa shape index (κ2) is 4.37. The van der Waals surface area contributed by atoms with Crippen molar-refractivity contribution in [1.82, 2.24) is 0 Å². The van der Waals surface area contributed by atoms with Crippen LogP contribution in [0.25, 0.3) is 0 Å². The van der Waals surface area contributed by atoms with E-state index >= 15 is 0 Å². The Morgan fingerprint density at radius 1 is 1.75 bits per heavy atom. The molecule has 0 spiro atoms. The largest absolute Gasteiger partial charge is 0.366 e. The van der Waals surface area contributed by atoms with Gasteiger partial charge in [0.1, 0.15) is 0 Å². The van der Waals surface area contributed by atoms with E-state index in [-0.39, 0.29) is 5.91 Å². The Labute approximate surface area is 49.4 Å². The highest BCUT2D eigenvalue weighted by Crippen LogP contribution is 1.86. The van der Waals surface area contributed by atoms with Gasteiger partial charge in [-0.05, 0) is 12.5 Å². The second-order valence-electron chi connectivity index (χ2n) is 1.59. The van der Waals surface area contributed by atoms with E-state index in [9.17, 15) is 4.79 Å². The van der Waals surface area contributed by atoms with Crippen molar-refractivity contribution >= 4 is 5.91 Å². The highest BCUT2D eigenvalue weighted by Gasteiger charge is 1.78. The highest BCUT2D eigenvalue weighted by atomic mass is 16.1. The van der Waals surface area contributed by atoms with Gasteiger partial charge in [0.15, 0.2) is 0 Å². The summed E-state index contributed by atoms with van der Waals surface area (Å²) in [5.74, 6) is -0.363. The molecule has 0 atom stereocenters. The van der Waals surface area contributed by atoms with Crippen LogP contribution in [0.15, 0.2) is 12.2 Å². The summed E-state index contributed by atoms with van der Waals surface area (Å²) in [4.78, 5) is 10.0. The van der Waals surface area contributed by atoms with Crippen LogP contribution in [-0.4, -0.2) is 5.91 Å². The van der Waals surface area contributed by atoms with Crippen LogP contribution >= 0.6 is 0 Å². The van der Waals surface area contributed by atoms with Gasteiger partial charge in [-0.2, -0.15) is 0 Å². The van der Waals surface area contributed by atoms with Crippen LogP contribution in [-0.2, 0) is 4.79 Å². The lowest BCUT2D eigenvalue weighted by atomic mass is 10.3. The maximum Gasteiger partial charge on any atom is 0.241 e. The topological polar surface area (TPSA) is 43.1 Å². The van der Waals surface area contributed by atoms with E-state index in [1.165, 1.54) is 6.08 Å². The lowest BCUT2D eigenvalue weighted by Crippen LogP contribution is -2.05. The molecule has 2 heteroatoms. The van der Waals surface area contributed by atoms with Gasteiger partial charge in [-0.3, -0.25) is 4.79 Å². The Kier molecular flexibility index (Phi) is 3.94. The molecule has 46 valence electrons. The van der Waals surface area contributed by atoms with E-state index in [0.717, 1.165) is 12.8 Å². The molecule has 0 aliphatic carbocycles. The molecule has 0 aliphatic rings. The first kappa shape index (κ1) is 7.21. The molecule has 0 bridgehead atoms. The fourth-order valence-electron chi connectivity index (χ4n) is 0.366. The molecule has 0 aromatic heterocycles. The summed E-state index contributed by atoms with van der Waals surface area (Å²) in [5, 5.41) is 0. The average Bonchev–Trinajstić information content (AvgIpc) is 1.66. The van der Waals surface area contributed by atoms with Crippen LogP contribution < -0.4 is 5.73 Å². The summed E-state index contributed by atoms with van der Waals surface area (Å²) in [5.41, 5.74) is 4.81. The lowest BCUT2D eigenvalue weighted by molar-refractivity contribution is -0.113. The Bertz CT molecular complexity index is 96.7. The molecule has 0 radical (unpaired) electrons. The average molecular weight is 113 g/mol. The molecule has 2 N–H and O–H groups in total. The van der Waals surface area contributed by atoms with Crippen LogP contribution in [0.2, 0.25) is 0 Å². The quantitative estimate of drug-likeness (QED) is 0.541. The third-order valence-corrected chi connectivity index (χ3v) is 0.737. The van der Waals surface area contributed by atoms with Crippen molar-refractivity contribution in [2.24, 2.45) is 5.73 Å². The molecule has 0 aromatic rings. The van der Waals surface area contributed by atoms with E-state index in [0.29, 0.717) is 0 Å². The van der Waals surface area contributed by atoms with Gasteiger partial charge in [0.2, 0.25) is 5.91 Å². The molecule has 0 aliphatic heterocycles. The number of unbranched alkanes of at least 4 members (excludes halogenated alkanes) is 1. The van der Waals surface area contributed by atoms with Gasteiger partial charge in [-0.15, -0.1) is 0 Å². The molecule has 0 unspecified atom stereocenters. The number of rotatable bonds is 3. The summed E-state index contributed by atoms with van der Waals surface area (Å²) >= 11 is 0. The molecule has 0 heterocycles. The van der Waals surface area contributed by atoms with Crippen molar-refractivity contribution < 1.29 is 4.79 Å². The van der Waals surface area contributed by atoms with E-state index in [2.05, 4.69) is 0 Å². The number of hydrogen-bond acceptors (Lipinski definition) is 1. The first-order valence-corrected chi connectivity index (χ1v) is 2.73. The van der Waals surface area contributed by atoms with Gasteiger partial charge in [0, 0.05) is 0 Å². The van der Waals surface area contributed by atoms with Crippen LogP contribution in [0.1, 0.15) is 19.8 Å². The Balaban J connectivity index is 3.20. The van der Waals surface area contributed by atoms with Gasteiger partial charge in [0.05, 0.1) is 0 Å². The SMILES string of the molecule is CCC/C=C\C(N)=O. The number of hydrogen-bond donors (Lipinski definition) is 1. The van der Waals surface area contributed by atoms with Crippen LogP contribution in [0.4, 0.5) is 0 Å². The molecule has 8 heavy (non-hydrogen) atoms. The first-order chi connectivity index (χ1) is 3.77. The molecular formula is C6H11NO. The van der Waals surface area contributed by atoms with Crippen molar-refractivity contribution in [3.63, 3.8) is 0 Å². The summed E-state index contributed by atoms with van der Waals surface area (Å²) in [6.07, 6.45) is 5.17. The number of allylic oxidation sites excluding steroid dienone is 1. The molecule has 1 amide bonds. The highest BCUT2D eigenvalue weighted by molar-refractivity contribution is 5.85. The predicted octanol–water partition coefficient (Wildman–Crippen LogP) is 0.828. The Morgan fingerprint density at radius 2 is 2.38 bits per heavy atom. The summed E-state index contributed by atoms with van der Waals surface area (Å²) in [6.45, 7) is 2.05. The molecule has 0 rings (SSSR count). The standard InChI is InChI=1S/C6H11NO/c1-2-3-4-5-6(7)8/h4-5H,2-3H2,1H3,(H2,7,8)/b5-4-. The zero-order valence-corrected chi connectivity index (χ0v) is 5.05. The molecule has 0 aromatic carbocycles. The zero-order valence-electron chi connectivity index (χ0n) is 5.05. The van der Waals surface area contributed by atoms with E-state index in [1.807, 2.05) is 6.92 Å². The molecule has 0 saturated carbocycles. The van der Waals surface area contributed by atoms with Crippen molar-refractivity contribution in [1.29, 1.82) is 0 Å². The summed E-state index contributed by atoms with van der Waals surface area (Å²) in [7, 11) is 0. The minimum absolute atomic E-state index is 0.363. The smallest absolute Gasteiger partial charge is 0.241 e. The van der Waals surface area contributed by atoms with Crippen LogP contribution in [0.5, 0.6) is 0 Å². The van der Waals surface area contributed by atoms with E-state index in [4.69, 9.17) is 5.73 Å². The molecule has 0 fully saturated rings. The fraction of sp³-hybridized carbons (Fsp3) is 0.500. The normalized spacial score (nSPS) is 10.1. The van der Waals surface area contributed by atoms with E-state index in [1.54, 1.807) is 6.08 Å². The van der Waals surface area contributed by atoms with Crippen molar-refractivity contribution in [2.45, 2.75) is 19.8 Å². The first-order valence-electron chi connectivity index (χ1n) is 2.73. The minimum atomic E-state index is -0.363. The third kappa shape index (κ3) is 5.21. The van der Waals surface area contributed by atoms with Gasteiger partial charge in [-0.25, -0.2) is 0 Å². The lowest BCUT2D eigenvalue weighted by Gasteiger charge is -1.80. The summed E-state index contributed by atoms with van der Waals surface area (Å²) < 4.78 is 0. The van der Waals surface area contributed by atoms with E-state index < -0.39 is 0 Å². The Morgan fingerprint density at radius 3 is 2.75 bits per heavy atom. The van der Waals surface area contributed by atoms with Gasteiger partial charge in [0.25, 0.3) is 0 Å². The monoisotopic (exact) mass is 113 g/mol. The third-order valence-electron chi connectivity index (χ3n) is 0.737. The molecule has 0 saturated heterocycles.